The summed E-state index contributed by atoms with van der Waals surface area (Å²) in [7, 11) is 0. The fourth-order valence-corrected chi connectivity index (χ4v) is 1.54. The molecule has 0 aliphatic rings. The van der Waals surface area contributed by atoms with Gasteiger partial charge in [-0.2, -0.15) is 13.2 Å². The summed E-state index contributed by atoms with van der Waals surface area (Å²) in [5.74, 6) is -1.29. The Balaban J connectivity index is 5.05. The number of urea groups is 1. The summed E-state index contributed by atoms with van der Waals surface area (Å²) in [6.45, 7) is 6.17. The fourth-order valence-electron chi connectivity index (χ4n) is 1.54. The molecule has 118 valence electrons. The second-order valence-corrected chi connectivity index (χ2v) is 5.92. The van der Waals surface area contributed by atoms with Crippen LogP contribution in [0.15, 0.2) is 0 Å². The van der Waals surface area contributed by atoms with E-state index in [9.17, 15) is 22.8 Å². The first-order valence-corrected chi connectivity index (χ1v) is 6.12. The number of amides is 2. The number of carboxylic acid groups (broad SMARTS) is 1. The van der Waals surface area contributed by atoms with Crippen LogP contribution in [0.25, 0.3) is 0 Å². The number of alkyl halides is 3. The molecular weight excluding hydrogens is 277 g/mol. The van der Waals surface area contributed by atoms with Crippen molar-refractivity contribution in [2.45, 2.75) is 52.9 Å². The molecule has 0 aromatic heterocycles. The lowest BCUT2D eigenvalue weighted by atomic mass is 9.87. The van der Waals surface area contributed by atoms with Gasteiger partial charge in [0.1, 0.15) is 12.6 Å². The molecule has 0 aliphatic carbocycles. The Labute approximate surface area is 116 Å². The molecule has 0 saturated heterocycles. The lowest BCUT2D eigenvalue weighted by Gasteiger charge is -2.33. The number of carbonyl (C=O) groups is 2. The highest BCUT2D eigenvalue weighted by molar-refractivity contribution is 5.83. The Kier molecular flexibility index (Phi) is 5.86. The third kappa shape index (κ3) is 6.12. The molecule has 0 aromatic rings. The second kappa shape index (κ2) is 6.32. The predicted octanol–water partition coefficient (Wildman–Crippen LogP) is 2.47. The van der Waals surface area contributed by atoms with Gasteiger partial charge in [-0.3, -0.25) is 0 Å². The highest BCUT2D eigenvalue weighted by Crippen LogP contribution is 2.21. The van der Waals surface area contributed by atoms with E-state index in [1.807, 2.05) is 0 Å². The van der Waals surface area contributed by atoms with Gasteiger partial charge in [0.05, 0.1) is 0 Å². The van der Waals surface area contributed by atoms with Gasteiger partial charge in [-0.15, -0.1) is 0 Å². The molecule has 0 rings (SSSR count). The van der Waals surface area contributed by atoms with Crippen LogP contribution in [0.3, 0.4) is 0 Å². The maximum absolute atomic E-state index is 12.4. The summed E-state index contributed by atoms with van der Waals surface area (Å²) in [5.41, 5.74) is -0.817. The van der Waals surface area contributed by atoms with E-state index in [-0.39, 0.29) is 0 Å². The van der Waals surface area contributed by atoms with Gasteiger partial charge < -0.3 is 15.3 Å². The second-order valence-electron chi connectivity index (χ2n) is 5.92. The van der Waals surface area contributed by atoms with Gasteiger partial charge in [-0.25, -0.2) is 9.59 Å². The van der Waals surface area contributed by atoms with Crippen molar-refractivity contribution in [1.29, 1.82) is 0 Å². The van der Waals surface area contributed by atoms with Crippen molar-refractivity contribution in [3.8, 4) is 0 Å². The van der Waals surface area contributed by atoms with Gasteiger partial charge in [0.25, 0.3) is 0 Å². The third-order valence-electron chi connectivity index (χ3n) is 2.61. The van der Waals surface area contributed by atoms with Gasteiger partial charge in [0.15, 0.2) is 0 Å². The number of rotatable bonds is 4. The summed E-state index contributed by atoms with van der Waals surface area (Å²) >= 11 is 0. The van der Waals surface area contributed by atoms with Crippen LogP contribution in [0.2, 0.25) is 0 Å². The average molecular weight is 298 g/mol. The van der Waals surface area contributed by atoms with Crippen molar-refractivity contribution in [1.82, 2.24) is 10.2 Å². The average Bonchev–Trinajstić information content (AvgIpc) is 2.18. The molecule has 2 N–H and O–H groups in total. The normalized spacial score (nSPS) is 14.1. The highest BCUT2D eigenvalue weighted by atomic mass is 19.4. The van der Waals surface area contributed by atoms with Crippen LogP contribution in [0.1, 0.15) is 34.6 Å². The Bertz CT molecular complexity index is 362. The highest BCUT2D eigenvalue weighted by Gasteiger charge is 2.38. The molecule has 0 unspecified atom stereocenters. The zero-order chi connectivity index (χ0) is 16.3. The standard InChI is InChI=1S/C12H21F3N2O3/c1-7(2)17(6-12(13,14)15)10(20)16-8(9(18)19)11(3,4)5/h7-8H,6H2,1-5H3,(H,16,20)(H,18,19)/t8-/m0/s1. The minimum atomic E-state index is -4.54. The van der Waals surface area contributed by atoms with E-state index in [4.69, 9.17) is 5.11 Å². The molecule has 20 heavy (non-hydrogen) atoms. The van der Waals surface area contributed by atoms with E-state index >= 15 is 0 Å². The van der Waals surface area contributed by atoms with Gasteiger partial charge in [0.2, 0.25) is 0 Å². The maximum atomic E-state index is 12.4. The molecule has 0 spiro atoms. The summed E-state index contributed by atoms with van der Waals surface area (Å²) in [5, 5.41) is 11.2. The van der Waals surface area contributed by atoms with Crippen molar-refractivity contribution in [3.05, 3.63) is 0 Å². The molecule has 0 fully saturated rings. The Morgan fingerprint density at radius 3 is 1.90 bits per heavy atom. The van der Waals surface area contributed by atoms with Crippen molar-refractivity contribution >= 4 is 12.0 Å². The monoisotopic (exact) mass is 298 g/mol. The largest absolute Gasteiger partial charge is 0.480 e. The number of hydrogen-bond donors (Lipinski definition) is 2. The number of nitrogens with zero attached hydrogens (tertiary/aromatic N) is 1. The Morgan fingerprint density at radius 2 is 1.65 bits per heavy atom. The first-order chi connectivity index (χ1) is 8.75. The number of hydrogen-bond acceptors (Lipinski definition) is 2. The zero-order valence-electron chi connectivity index (χ0n) is 12.2. The van der Waals surface area contributed by atoms with Crippen molar-refractivity contribution in [2.75, 3.05) is 6.54 Å². The Morgan fingerprint density at radius 1 is 1.20 bits per heavy atom. The van der Waals surface area contributed by atoms with Crippen LogP contribution < -0.4 is 5.32 Å². The van der Waals surface area contributed by atoms with Crippen LogP contribution >= 0.6 is 0 Å². The van der Waals surface area contributed by atoms with Crippen LogP contribution in [-0.4, -0.2) is 46.8 Å². The minimum absolute atomic E-state index is 0.557. The van der Waals surface area contributed by atoms with Crippen LogP contribution in [0, 0.1) is 5.41 Å². The summed E-state index contributed by atoms with van der Waals surface area (Å²) in [6.07, 6.45) is -4.54. The molecule has 0 bridgehead atoms. The molecular formula is C12H21F3N2O3. The summed E-state index contributed by atoms with van der Waals surface area (Å²) in [6, 6.07) is -3.02. The van der Waals surface area contributed by atoms with E-state index in [1.54, 1.807) is 20.8 Å². The van der Waals surface area contributed by atoms with E-state index in [1.165, 1.54) is 13.8 Å². The molecule has 5 nitrogen and oxygen atoms in total. The number of carboxylic acids is 1. The maximum Gasteiger partial charge on any atom is 0.406 e. The van der Waals surface area contributed by atoms with Gasteiger partial charge >= 0.3 is 18.2 Å². The Hall–Kier alpha value is -1.47. The molecule has 0 aromatic carbocycles. The van der Waals surface area contributed by atoms with Gasteiger partial charge in [0, 0.05) is 6.04 Å². The predicted molar refractivity (Wildman–Crippen MR) is 67.3 cm³/mol. The van der Waals surface area contributed by atoms with E-state index in [0.29, 0.717) is 4.90 Å². The molecule has 2 amide bonds. The first-order valence-electron chi connectivity index (χ1n) is 6.12. The first kappa shape index (κ1) is 18.5. The smallest absolute Gasteiger partial charge is 0.406 e. The lowest BCUT2D eigenvalue weighted by Crippen LogP contribution is -2.56. The van der Waals surface area contributed by atoms with Crippen LogP contribution in [0.4, 0.5) is 18.0 Å². The molecule has 0 radical (unpaired) electrons. The van der Waals surface area contributed by atoms with Crippen molar-refractivity contribution < 1.29 is 27.9 Å². The third-order valence-corrected chi connectivity index (χ3v) is 2.61. The van der Waals surface area contributed by atoms with E-state index in [2.05, 4.69) is 5.32 Å². The van der Waals surface area contributed by atoms with E-state index < -0.39 is 42.2 Å². The molecule has 0 saturated carbocycles. The summed E-state index contributed by atoms with van der Waals surface area (Å²) in [4.78, 5) is 23.5. The fraction of sp³-hybridized carbons (Fsp3) is 0.833. The number of halogens is 3. The molecule has 0 aliphatic heterocycles. The summed E-state index contributed by atoms with van der Waals surface area (Å²) < 4.78 is 37.3. The number of nitrogens with one attached hydrogen (secondary N) is 1. The van der Waals surface area contributed by atoms with Crippen molar-refractivity contribution in [3.63, 3.8) is 0 Å². The lowest BCUT2D eigenvalue weighted by molar-refractivity contribution is -0.144. The number of aliphatic carboxylic acids is 1. The topological polar surface area (TPSA) is 69.6 Å². The number of carbonyl (C=O) groups excluding carboxylic acids is 1. The molecule has 1 atom stereocenters. The zero-order valence-corrected chi connectivity index (χ0v) is 12.2. The van der Waals surface area contributed by atoms with Crippen molar-refractivity contribution in [2.24, 2.45) is 5.41 Å². The SMILES string of the molecule is CC(C)N(CC(F)(F)F)C(=O)N[C@@H](C(=O)O)C(C)(C)C. The van der Waals surface area contributed by atoms with E-state index in [0.717, 1.165) is 0 Å². The van der Waals surface area contributed by atoms with Gasteiger partial charge in [-0.05, 0) is 19.3 Å². The van der Waals surface area contributed by atoms with Gasteiger partial charge in [-0.1, -0.05) is 20.8 Å². The quantitative estimate of drug-likeness (QED) is 0.837. The molecule has 0 heterocycles. The van der Waals surface area contributed by atoms with Crippen LogP contribution in [-0.2, 0) is 4.79 Å². The minimum Gasteiger partial charge on any atom is -0.480 e. The molecule has 8 heteroatoms. The van der Waals surface area contributed by atoms with Crippen LogP contribution in [0.5, 0.6) is 0 Å².